The SMILES string of the molecule is Cc1ccc(C(=O)O)c(NCCc2cnn(C)c2)c1. The molecule has 1 aromatic heterocycles. The van der Waals surface area contributed by atoms with Gasteiger partial charge in [-0.2, -0.15) is 5.10 Å². The molecule has 0 spiro atoms. The maximum Gasteiger partial charge on any atom is 0.337 e. The minimum atomic E-state index is -0.913. The van der Waals surface area contributed by atoms with Gasteiger partial charge in [0.2, 0.25) is 0 Å². The van der Waals surface area contributed by atoms with Gasteiger partial charge < -0.3 is 10.4 Å². The minimum Gasteiger partial charge on any atom is -0.478 e. The second kappa shape index (κ2) is 5.56. The molecule has 0 saturated carbocycles. The Bertz CT molecular complexity index is 590. The molecule has 0 amide bonds. The number of aromatic nitrogens is 2. The van der Waals surface area contributed by atoms with Gasteiger partial charge in [0.1, 0.15) is 0 Å². The fraction of sp³-hybridized carbons (Fsp3) is 0.286. The van der Waals surface area contributed by atoms with Gasteiger partial charge in [-0.1, -0.05) is 6.07 Å². The highest BCUT2D eigenvalue weighted by atomic mass is 16.4. The molecular weight excluding hydrogens is 242 g/mol. The average Bonchev–Trinajstić information content (AvgIpc) is 2.75. The maximum absolute atomic E-state index is 11.1. The summed E-state index contributed by atoms with van der Waals surface area (Å²) in [6, 6.07) is 5.28. The van der Waals surface area contributed by atoms with Gasteiger partial charge in [-0.05, 0) is 36.6 Å². The largest absolute Gasteiger partial charge is 0.478 e. The molecular formula is C14H17N3O2. The fourth-order valence-electron chi connectivity index (χ4n) is 1.93. The van der Waals surface area contributed by atoms with E-state index >= 15 is 0 Å². The molecule has 2 aromatic rings. The van der Waals surface area contributed by atoms with E-state index < -0.39 is 5.97 Å². The van der Waals surface area contributed by atoms with Gasteiger partial charge in [0.05, 0.1) is 11.8 Å². The van der Waals surface area contributed by atoms with Crippen LogP contribution in [-0.2, 0) is 13.5 Å². The van der Waals surface area contributed by atoms with E-state index in [1.165, 1.54) is 0 Å². The Morgan fingerprint density at radius 2 is 2.26 bits per heavy atom. The van der Waals surface area contributed by atoms with E-state index in [1.54, 1.807) is 16.8 Å². The lowest BCUT2D eigenvalue weighted by molar-refractivity contribution is 0.0698. The molecule has 19 heavy (non-hydrogen) atoms. The third-order valence-corrected chi connectivity index (χ3v) is 2.89. The van der Waals surface area contributed by atoms with Crippen molar-refractivity contribution >= 4 is 11.7 Å². The Hall–Kier alpha value is -2.30. The Labute approximate surface area is 111 Å². The number of rotatable bonds is 5. The number of nitrogens with one attached hydrogen (secondary N) is 1. The van der Waals surface area contributed by atoms with E-state index in [2.05, 4.69) is 10.4 Å². The first-order valence-corrected chi connectivity index (χ1v) is 6.11. The van der Waals surface area contributed by atoms with Gasteiger partial charge in [0, 0.05) is 25.5 Å². The molecule has 100 valence electrons. The summed E-state index contributed by atoms with van der Waals surface area (Å²) in [4.78, 5) is 11.1. The van der Waals surface area contributed by atoms with Crippen LogP contribution < -0.4 is 5.32 Å². The molecule has 0 unspecified atom stereocenters. The van der Waals surface area contributed by atoms with Crippen molar-refractivity contribution in [3.05, 3.63) is 47.3 Å². The molecule has 0 aliphatic rings. The summed E-state index contributed by atoms with van der Waals surface area (Å²) in [5.74, 6) is -0.913. The van der Waals surface area contributed by atoms with Gasteiger partial charge in [0.25, 0.3) is 0 Å². The van der Waals surface area contributed by atoms with Crippen LogP contribution in [0.25, 0.3) is 0 Å². The predicted molar refractivity (Wildman–Crippen MR) is 73.5 cm³/mol. The van der Waals surface area contributed by atoms with Gasteiger partial charge in [0.15, 0.2) is 0 Å². The highest BCUT2D eigenvalue weighted by Gasteiger charge is 2.09. The van der Waals surface area contributed by atoms with Gasteiger partial charge in [-0.25, -0.2) is 4.79 Å². The number of hydrogen-bond acceptors (Lipinski definition) is 3. The Balaban J connectivity index is 2.02. The maximum atomic E-state index is 11.1. The van der Waals surface area contributed by atoms with E-state index in [4.69, 9.17) is 5.11 Å². The molecule has 0 aliphatic heterocycles. The summed E-state index contributed by atoms with van der Waals surface area (Å²) in [6.45, 7) is 2.62. The smallest absolute Gasteiger partial charge is 0.337 e. The van der Waals surface area contributed by atoms with Crippen LogP contribution in [0.4, 0.5) is 5.69 Å². The highest BCUT2D eigenvalue weighted by molar-refractivity contribution is 5.94. The van der Waals surface area contributed by atoms with Crippen LogP contribution in [0.15, 0.2) is 30.6 Å². The molecule has 0 fully saturated rings. The molecule has 0 atom stereocenters. The number of nitrogens with zero attached hydrogens (tertiary/aromatic N) is 2. The van der Waals surface area contributed by atoms with Crippen LogP contribution in [0.2, 0.25) is 0 Å². The minimum absolute atomic E-state index is 0.303. The number of carbonyl (C=O) groups is 1. The lowest BCUT2D eigenvalue weighted by Gasteiger charge is -2.10. The van der Waals surface area contributed by atoms with Crippen molar-refractivity contribution in [3.63, 3.8) is 0 Å². The van der Waals surface area contributed by atoms with Gasteiger partial charge in [-0.3, -0.25) is 4.68 Å². The van der Waals surface area contributed by atoms with Crippen molar-refractivity contribution in [2.45, 2.75) is 13.3 Å². The summed E-state index contributed by atoms with van der Waals surface area (Å²) >= 11 is 0. The molecule has 2 N–H and O–H groups in total. The van der Waals surface area contributed by atoms with E-state index in [9.17, 15) is 4.79 Å². The normalized spacial score (nSPS) is 10.4. The van der Waals surface area contributed by atoms with E-state index in [-0.39, 0.29) is 0 Å². The average molecular weight is 259 g/mol. The highest BCUT2D eigenvalue weighted by Crippen LogP contribution is 2.17. The van der Waals surface area contributed by atoms with Gasteiger partial charge >= 0.3 is 5.97 Å². The Morgan fingerprint density at radius 3 is 2.89 bits per heavy atom. The molecule has 0 radical (unpaired) electrons. The quantitative estimate of drug-likeness (QED) is 0.862. The van der Waals surface area contributed by atoms with Crippen LogP contribution in [0.5, 0.6) is 0 Å². The van der Waals surface area contributed by atoms with Crippen LogP contribution >= 0.6 is 0 Å². The lowest BCUT2D eigenvalue weighted by atomic mass is 10.1. The number of aromatic carboxylic acids is 1. The molecule has 5 nitrogen and oxygen atoms in total. The molecule has 2 rings (SSSR count). The zero-order valence-electron chi connectivity index (χ0n) is 11.1. The molecule has 1 aromatic carbocycles. The zero-order chi connectivity index (χ0) is 13.8. The van der Waals surface area contributed by atoms with Crippen molar-refractivity contribution in [2.75, 3.05) is 11.9 Å². The summed E-state index contributed by atoms with van der Waals surface area (Å²) in [6.07, 6.45) is 4.58. The number of carboxylic acid groups (broad SMARTS) is 1. The van der Waals surface area contributed by atoms with Gasteiger partial charge in [-0.15, -0.1) is 0 Å². The first-order chi connectivity index (χ1) is 9.06. The second-order valence-electron chi connectivity index (χ2n) is 4.55. The summed E-state index contributed by atoms with van der Waals surface area (Å²) in [5, 5.41) is 16.4. The Kier molecular flexibility index (Phi) is 3.85. The topological polar surface area (TPSA) is 67.2 Å². The third-order valence-electron chi connectivity index (χ3n) is 2.89. The number of anilines is 1. The molecule has 1 heterocycles. The number of aryl methyl sites for hydroxylation is 2. The monoisotopic (exact) mass is 259 g/mol. The molecule has 5 heteroatoms. The van der Waals surface area contributed by atoms with Crippen molar-refractivity contribution in [3.8, 4) is 0 Å². The van der Waals surface area contributed by atoms with E-state index in [0.717, 1.165) is 17.5 Å². The van der Waals surface area contributed by atoms with Crippen LogP contribution in [-0.4, -0.2) is 27.4 Å². The second-order valence-corrected chi connectivity index (χ2v) is 4.55. The molecule has 0 aliphatic carbocycles. The number of hydrogen-bond donors (Lipinski definition) is 2. The van der Waals surface area contributed by atoms with E-state index in [1.807, 2.05) is 32.4 Å². The van der Waals surface area contributed by atoms with Crippen LogP contribution in [0.1, 0.15) is 21.5 Å². The summed E-state index contributed by atoms with van der Waals surface area (Å²) in [5.41, 5.74) is 3.13. The van der Waals surface area contributed by atoms with E-state index in [0.29, 0.717) is 17.8 Å². The van der Waals surface area contributed by atoms with Crippen LogP contribution in [0, 0.1) is 6.92 Å². The Morgan fingerprint density at radius 1 is 1.47 bits per heavy atom. The van der Waals surface area contributed by atoms with Crippen molar-refractivity contribution in [1.82, 2.24) is 9.78 Å². The van der Waals surface area contributed by atoms with Crippen LogP contribution in [0.3, 0.4) is 0 Å². The molecule has 0 saturated heterocycles. The number of carboxylic acids is 1. The third kappa shape index (κ3) is 3.34. The first-order valence-electron chi connectivity index (χ1n) is 6.11. The summed E-state index contributed by atoms with van der Waals surface area (Å²) in [7, 11) is 1.88. The zero-order valence-corrected chi connectivity index (χ0v) is 11.1. The first kappa shape index (κ1) is 13.1. The number of benzene rings is 1. The lowest BCUT2D eigenvalue weighted by Crippen LogP contribution is -2.09. The molecule has 0 bridgehead atoms. The standard InChI is InChI=1S/C14H17N3O2/c1-10-3-4-12(14(18)19)13(7-10)15-6-5-11-8-16-17(2)9-11/h3-4,7-9,15H,5-6H2,1-2H3,(H,18,19). The van der Waals surface area contributed by atoms with Crippen molar-refractivity contribution in [1.29, 1.82) is 0 Å². The predicted octanol–water partition coefficient (Wildman–Crippen LogP) is 2.08. The van der Waals surface area contributed by atoms with Crippen molar-refractivity contribution in [2.24, 2.45) is 7.05 Å². The summed E-state index contributed by atoms with van der Waals surface area (Å²) < 4.78 is 1.75. The fourth-order valence-corrected chi connectivity index (χ4v) is 1.93. The van der Waals surface area contributed by atoms with Crippen molar-refractivity contribution < 1.29 is 9.90 Å².